The van der Waals surface area contributed by atoms with Crippen LogP contribution in [0.15, 0.2) is 54.7 Å². The number of aromatic amines is 1. The molecule has 0 radical (unpaired) electrons. The number of alkyl halides is 3. The van der Waals surface area contributed by atoms with E-state index in [0.717, 1.165) is 40.4 Å². The Morgan fingerprint density at radius 2 is 1.73 bits per heavy atom. The molecular formula is C27H32ClF3N4O2. The van der Waals surface area contributed by atoms with Crippen LogP contribution < -0.4 is 11.1 Å². The average Bonchev–Trinajstić information content (AvgIpc) is 3.25. The van der Waals surface area contributed by atoms with E-state index in [2.05, 4.69) is 10.3 Å². The van der Waals surface area contributed by atoms with Crippen molar-refractivity contribution in [3.63, 3.8) is 0 Å². The van der Waals surface area contributed by atoms with Crippen LogP contribution in [0.2, 0.25) is 0 Å². The van der Waals surface area contributed by atoms with Gasteiger partial charge in [0.1, 0.15) is 0 Å². The quantitative estimate of drug-likeness (QED) is 0.379. The molecule has 1 amide bonds. The maximum Gasteiger partial charge on any atom is 0.416 e. The summed E-state index contributed by atoms with van der Waals surface area (Å²) in [4.78, 5) is 30.8. The number of carbonyl (C=O) groups is 2. The second kappa shape index (κ2) is 10.8. The number of aromatic nitrogens is 1. The molecular weight excluding hydrogens is 505 g/mol. The van der Waals surface area contributed by atoms with Crippen LogP contribution in [0, 0.1) is 0 Å². The van der Waals surface area contributed by atoms with Crippen LogP contribution >= 0.6 is 12.4 Å². The minimum absolute atomic E-state index is 0. The molecule has 1 fully saturated rings. The molecule has 3 aromatic rings. The fourth-order valence-electron chi connectivity index (χ4n) is 4.86. The third-order valence-corrected chi connectivity index (χ3v) is 7.01. The minimum Gasteiger partial charge on any atom is -0.361 e. The van der Waals surface area contributed by atoms with E-state index < -0.39 is 28.8 Å². The Kier molecular flexibility index (Phi) is 8.41. The maximum atomic E-state index is 13.0. The molecule has 1 atom stereocenters. The summed E-state index contributed by atoms with van der Waals surface area (Å²) in [5.74, 6) is -0.387. The molecule has 2 aromatic carbocycles. The number of likely N-dealkylation sites (tertiary alicyclic amines) is 1. The lowest BCUT2D eigenvalue weighted by Crippen LogP contribution is -2.68. The van der Waals surface area contributed by atoms with Crippen LogP contribution in [0.5, 0.6) is 0 Å². The number of fused-ring (bicyclic) bond motifs is 1. The number of hydrogen-bond donors (Lipinski definition) is 3. The monoisotopic (exact) mass is 536 g/mol. The summed E-state index contributed by atoms with van der Waals surface area (Å²) in [6.45, 7) is 4.14. The lowest BCUT2D eigenvalue weighted by atomic mass is 9.86. The molecule has 6 nitrogen and oxygen atoms in total. The number of nitrogens with two attached hydrogens (primary N) is 1. The van der Waals surface area contributed by atoms with Crippen molar-refractivity contribution in [2.24, 2.45) is 5.73 Å². The molecule has 1 aliphatic heterocycles. The number of nitrogens with zero attached hydrogens (tertiary/aromatic N) is 1. The minimum atomic E-state index is -4.37. The number of amides is 1. The SMILES string of the molecule is CC(C)(N)C(=O)NC(C=O)(Cc1c[nH]c2ccccc12)N1CCC(c2ccc(C(F)(F)F)cc2)CC1.Cl. The van der Waals surface area contributed by atoms with Crippen LogP contribution in [-0.2, 0) is 22.2 Å². The molecule has 0 aliphatic carbocycles. The van der Waals surface area contributed by atoms with Gasteiger partial charge in [0.05, 0.1) is 11.1 Å². The first-order valence-corrected chi connectivity index (χ1v) is 12.0. The predicted octanol–water partition coefficient (Wildman–Crippen LogP) is 4.78. The van der Waals surface area contributed by atoms with E-state index in [1.54, 1.807) is 13.8 Å². The first-order chi connectivity index (χ1) is 16.9. The highest BCUT2D eigenvalue weighted by molar-refractivity contribution is 5.89. The zero-order valence-electron chi connectivity index (χ0n) is 20.8. The Balaban J connectivity index is 0.00000380. The van der Waals surface area contributed by atoms with E-state index in [1.165, 1.54) is 12.1 Å². The van der Waals surface area contributed by atoms with Gasteiger partial charge in [0.2, 0.25) is 5.91 Å². The first-order valence-electron chi connectivity index (χ1n) is 12.0. The molecule has 4 N–H and O–H groups in total. The van der Waals surface area contributed by atoms with Crippen molar-refractivity contribution in [3.8, 4) is 0 Å². The Bertz CT molecular complexity index is 1230. The Morgan fingerprint density at radius 1 is 1.11 bits per heavy atom. The third-order valence-electron chi connectivity index (χ3n) is 7.01. The highest BCUT2D eigenvalue weighted by atomic mass is 35.5. The topological polar surface area (TPSA) is 91.2 Å². The number of piperidine rings is 1. The maximum absolute atomic E-state index is 13.0. The predicted molar refractivity (Wildman–Crippen MR) is 139 cm³/mol. The summed E-state index contributed by atoms with van der Waals surface area (Å²) < 4.78 is 38.8. The second-order valence-electron chi connectivity index (χ2n) is 10.1. The van der Waals surface area contributed by atoms with Crippen molar-refractivity contribution in [2.45, 2.75) is 56.4 Å². The van der Waals surface area contributed by atoms with Crippen LogP contribution in [0.3, 0.4) is 0 Å². The van der Waals surface area contributed by atoms with Gasteiger partial charge in [-0.25, -0.2) is 0 Å². The molecule has 10 heteroatoms. The molecule has 2 heterocycles. The fourth-order valence-corrected chi connectivity index (χ4v) is 4.86. The number of rotatable bonds is 7. The van der Waals surface area contributed by atoms with Crippen LogP contribution in [0.4, 0.5) is 13.2 Å². The standard InChI is InChI=1S/C27H31F3N4O2.ClH/c1-25(2,31)24(36)33-26(17-35,15-20-16-32-23-6-4-3-5-22(20)23)34-13-11-19(12-14-34)18-7-9-21(10-8-18)27(28,29)30;/h3-10,16-17,19,32H,11-15,31H2,1-2H3,(H,33,36);1H. The number of hydrogen-bond acceptors (Lipinski definition) is 4. The zero-order chi connectivity index (χ0) is 26.1. The van der Waals surface area contributed by atoms with Crippen molar-refractivity contribution < 1.29 is 22.8 Å². The van der Waals surface area contributed by atoms with E-state index in [4.69, 9.17) is 5.73 Å². The summed E-state index contributed by atoms with van der Waals surface area (Å²) >= 11 is 0. The molecule has 0 spiro atoms. The van der Waals surface area contributed by atoms with Gasteiger partial charge in [0.25, 0.3) is 0 Å². The lowest BCUT2D eigenvalue weighted by Gasteiger charge is -2.45. The van der Waals surface area contributed by atoms with E-state index in [0.29, 0.717) is 25.9 Å². The molecule has 1 saturated heterocycles. The van der Waals surface area contributed by atoms with E-state index in [1.807, 2.05) is 35.4 Å². The van der Waals surface area contributed by atoms with E-state index in [-0.39, 0.29) is 24.7 Å². The van der Waals surface area contributed by atoms with Crippen molar-refractivity contribution in [3.05, 3.63) is 71.4 Å². The number of halogens is 4. The van der Waals surface area contributed by atoms with Gasteiger partial charge in [-0.3, -0.25) is 14.5 Å². The number of para-hydroxylation sites is 1. The number of carbonyl (C=O) groups excluding carboxylic acids is 2. The summed E-state index contributed by atoms with van der Waals surface area (Å²) in [6, 6.07) is 13.0. The largest absolute Gasteiger partial charge is 0.416 e. The normalized spacial score (nSPS) is 17.1. The molecule has 1 aliphatic rings. The van der Waals surface area contributed by atoms with E-state index in [9.17, 15) is 22.8 Å². The third kappa shape index (κ3) is 6.17. The average molecular weight is 537 g/mol. The summed E-state index contributed by atoms with van der Waals surface area (Å²) in [5.41, 5.74) is 5.52. The second-order valence-corrected chi connectivity index (χ2v) is 10.1. The van der Waals surface area contributed by atoms with Crippen LogP contribution in [0.1, 0.15) is 49.3 Å². The summed E-state index contributed by atoms with van der Waals surface area (Å²) in [6.07, 6.45) is -0.238. The highest BCUT2D eigenvalue weighted by Gasteiger charge is 2.43. The van der Waals surface area contributed by atoms with Crippen molar-refractivity contribution in [2.75, 3.05) is 13.1 Å². The van der Waals surface area contributed by atoms with Crippen molar-refractivity contribution >= 4 is 35.5 Å². The van der Waals surface area contributed by atoms with Gasteiger partial charge in [-0.1, -0.05) is 30.3 Å². The van der Waals surface area contributed by atoms with Gasteiger partial charge in [-0.15, -0.1) is 12.4 Å². The Hall–Kier alpha value is -2.88. The Morgan fingerprint density at radius 3 is 2.30 bits per heavy atom. The molecule has 4 rings (SSSR count). The number of H-pyrrole nitrogens is 1. The van der Waals surface area contributed by atoms with Crippen LogP contribution in [0.25, 0.3) is 10.9 Å². The fraction of sp³-hybridized carbons (Fsp3) is 0.407. The van der Waals surface area contributed by atoms with Gasteiger partial charge in [0, 0.05) is 36.6 Å². The van der Waals surface area contributed by atoms with Crippen molar-refractivity contribution in [1.82, 2.24) is 15.2 Å². The smallest absolute Gasteiger partial charge is 0.361 e. The molecule has 1 unspecified atom stereocenters. The number of nitrogens with one attached hydrogen (secondary N) is 2. The van der Waals surface area contributed by atoms with Crippen molar-refractivity contribution in [1.29, 1.82) is 0 Å². The highest BCUT2D eigenvalue weighted by Crippen LogP contribution is 2.35. The molecule has 0 saturated carbocycles. The summed E-state index contributed by atoms with van der Waals surface area (Å²) in [5, 5.41) is 3.89. The number of benzene rings is 2. The van der Waals surface area contributed by atoms with Gasteiger partial charge in [-0.05, 0) is 61.9 Å². The lowest BCUT2D eigenvalue weighted by molar-refractivity contribution is -0.137. The summed E-state index contributed by atoms with van der Waals surface area (Å²) in [7, 11) is 0. The first kappa shape index (κ1) is 28.7. The van der Waals surface area contributed by atoms with E-state index >= 15 is 0 Å². The van der Waals surface area contributed by atoms with Gasteiger partial charge in [0.15, 0.2) is 11.9 Å². The molecule has 1 aromatic heterocycles. The van der Waals surface area contributed by atoms with Crippen LogP contribution in [-0.4, -0.2) is 46.4 Å². The Labute approximate surface area is 220 Å². The number of aldehydes is 1. The van der Waals surface area contributed by atoms with Gasteiger partial charge < -0.3 is 16.0 Å². The van der Waals surface area contributed by atoms with Gasteiger partial charge >= 0.3 is 6.18 Å². The molecule has 37 heavy (non-hydrogen) atoms. The molecule has 0 bridgehead atoms. The zero-order valence-corrected chi connectivity index (χ0v) is 21.6. The molecule has 200 valence electrons. The van der Waals surface area contributed by atoms with Gasteiger partial charge in [-0.2, -0.15) is 13.2 Å².